The Morgan fingerprint density at radius 3 is 2.62 bits per heavy atom. The van der Waals surface area contributed by atoms with Crippen molar-refractivity contribution in [3.8, 4) is 5.75 Å². The second-order valence-electron chi connectivity index (χ2n) is 2.65. The van der Waals surface area contributed by atoms with E-state index in [0.717, 1.165) is 10.9 Å². The maximum atomic E-state index is 10.8. The van der Waals surface area contributed by atoms with Crippen LogP contribution in [-0.2, 0) is 14.9 Å². The molecule has 4 heteroatoms. The molecule has 3 nitrogen and oxygen atoms in total. The van der Waals surface area contributed by atoms with Crippen molar-refractivity contribution in [2.24, 2.45) is 0 Å². The van der Waals surface area contributed by atoms with Gasteiger partial charge in [-0.25, -0.2) is 4.79 Å². The number of halogens is 1. The van der Waals surface area contributed by atoms with E-state index in [0.29, 0.717) is 5.75 Å². The molecule has 0 unspecified atom stereocenters. The Morgan fingerprint density at radius 2 is 2.06 bits per heavy atom. The fourth-order valence-corrected chi connectivity index (χ4v) is 1.27. The van der Waals surface area contributed by atoms with Crippen molar-refractivity contribution in [1.29, 1.82) is 0 Å². The maximum Gasteiger partial charge on any atom is 0.343 e. The Kier molecular flexibility index (Phi) is 8.62. The lowest BCUT2D eigenvalue weighted by molar-refractivity contribution is -0.142. The number of ether oxygens (including phenoxy) is 2. The van der Waals surface area contributed by atoms with E-state index < -0.39 is 0 Å². The Bertz CT molecular complexity index is 313. The molecule has 0 spiro atoms. The monoisotopic (exact) mass is 288 g/mol. The van der Waals surface area contributed by atoms with Crippen LogP contribution >= 0.6 is 15.9 Å². The summed E-state index contributed by atoms with van der Waals surface area (Å²) in [6, 6.07) is 7.52. The van der Waals surface area contributed by atoms with Crippen molar-refractivity contribution >= 4 is 21.9 Å². The van der Waals surface area contributed by atoms with Gasteiger partial charge < -0.3 is 9.47 Å². The van der Waals surface area contributed by atoms with Crippen molar-refractivity contribution in [2.45, 2.75) is 19.2 Å². The predicted octanol–water partition coefficient (Wildman–Crippen LogP) is 3.16. The number of esters is 1. The lowest BCUT2D eigenvalue weighted by Gasteiger charge is -2.05. The molecule has 0 saturated heterocycles. The summed E-state index contributed by atoms with van der Waals surface area (Å²) < 4.78 is 9.66. The molecule has 0 aromatic heterocycles. The summed E-state index contributed by atoms with van der Waals surface area (Å²) in [5.74, 6) is 0.293. The lowest BCUT2D eigenvalue weighted by atomic mass is 10.2. The zero-order valence-electron chi connectivity index (χ0n) is 9.83. The van der Waals surface area contributed by atoms with Gasteiger partial charge in [-0.2, -0.15) is 0 Å². The number of hydrogen-bond acceptors (Lipinski definition) is 3. The zero-order chi connectivity index (χ0) is 12.4. The van der Waals surface area contributed by atoms with E-state index in [1.165, 1.54) is 7.11 Å². The maximum absolute atomic E-state index is 10.8. The average molecular weight is 289 g/mol. The topological polar surface area (TPSA) is 35.5 Å². The number of rotatable bonds is 4. The molecule has 0 fully saturated rings. The molecule has 0 bridgehead atoms. The Balaban J connectivity index is 0.00000106. The van der Waals surface area contributed by atoms with E-state index in [4.69, 9.17) is 4.74 Å². The summed E-state index contributed by atoms with van der Waals surface area (Å²) in [6.07, 6.45) is 0. The van der Waals surface area contributed by atoms with E-state index in [1.807, 2.05) is 32.0 Å². The molecule has 0 aliphatic carbocycles. The van der Waals surface area contributed by atoms with Crippen LogP contribution in [0.1, 0.15) is 19.4 Å². The van der Waals surface area contributed by atoms with E-state index >= 15 is 0 Å². The summed E-state index contributed by atoms with van der Waals surface area (Å²) in [5.41, 5.74) is 1.10. The van der Waals surface area contributed by atoms with Gasteiger partial charge in [0.05, 0.1) is 7.11 Å². The summed E-state index contributed by atoms with van der Waals surface area (Å²) in [7, 11) is 1.33. The molecule has 1 aromatic rings. The van der Waals surface area contributed by atoms with E-state index in [-0.39, 0.29) is 12.6 Å². The minimum atomic E-state index is -0.380. The van der Waals surface area contributed by atoms with Gasteiger partial charge in [-0.05, 0) is 17.7 Å². The summed E-state index contributed by atoms with van der Waals surface area (Å²) in [5, 5.41) is 0.766. The number of alkyl halides is 1. The van der Waals surface area contributed by atoms with Gasteiger partial charge >= 0.3 is 5.97 Å². The van der Waals surface area contributed by atoms with Crippen LogP contribution < -0.4 is 4.74 Å². The molecular weight excluding hydrogens is 272 g/mol. The normalized spacial score (nSPS) is 8.75. The Morgan fingerprint density at radius 1 is 1.38 bits per heavy atom. The first-order valence-electron chi connectivity index (χ1n) is 5.11. The zero-order valence-corrected chi connectivity index (χ0v) is 11.4. The highest BCUT2D eigenvalue weighted by atomic mass is 79.9. The molecule has 0 atom stereocenters. The quantitative estimate of drug-likeness (QED) is 0.631. The van der Waals surface area contributed by atoms with Crippen molar-refractivity contribution in [2.75, 3.05) is 13.7 Å². The van der Waals surface area contributed by atoms with Crippen LogP contribution in [-0.4, -0.2) is 19.7 Å². The first kappa shape index (κ1) is 15.0. The minimum absolute atomic E-state index is 0.0533. The van der Waals surface area contributed by atoms with Gasteiger partial charge in [-0.1, -0.05) is 41.9 Å². The summed E-state index contributed by atoms with van der Waals surface area (Å²) >= 11 is 3.34. The molecule has 1 rings (SSSR count). The fourth-order valence-electron chi connectivity index (χ4n) is 0.920. The predicted molar refractivity (Wildman–Crippen MR) is 67.9 cm³/mol. The van der Waals surface area contributed by atoms with Crippen LogP contribution in [0.4, 0.5) is 0 Å². The Hall–Kier alpha value is -1.03. The molecule has 0 aliphatic rings. The molecule has 0 radical (unpaired) electrons. The molecule has 0 saturated carbocycles. The average Bonchev–Trinajstić information content (AvgIpc) is 2.38. The first-order chi connectivity index (χ1) is 7.76. The highest BCUT2D eigenvalue weighted by molar-refractivity contribution is 9.08. The molecule has 0 N–H and O–H groups in total. The third-order valence-electron chi connectivity index (χ3n) is 1.64. The van der Waals surface area contributed by atoms with Crippen molar-refractivity contribution in [3.63, 3.8) is 0 Å². The summed E-state index contributed by atoms with van der Waals surface area (Å²) in [4.78, 5) is 10.8. The smallest absolute Gasteiger partial charge is 0.343 e. The summed E-state index contributed by atoms with van der Waals surface area (Å²) in [6.45, 7) is 3.95. The number of methoxy groups -OCH3 is 1. The van der Waals surface area contributed by atoms with Crippen LogP contribution in [0.15, 0.2) is 24.3 Å². The van der Waals surface area contributed by atoms with Crippen LogP contribution in [0, 0.1) is 0 Å². The highest BCUT2D eigenvalue weighted by Gasteiger charge is 2.01. The van der Waals surface area contributed by atoms with Crippen LogP contribution in [0.3, 0.4) is 0 Å². The van der Waals surface area contributed by atoms with Crippen molar-refractivity contribution in [1.82, 2.24) is 0 Å². The first-order valence-corrected chi connectivity index (χ1v) is 6.23. The second-order valence-corrected chi connectivity index (χ2v) is 3.21. The van der Waals surface area contributed by atoms with Crippen molar-refractivity contribution < 1.29 is 14.3 Å². The van der Waals surface area contributed by atoms with Crippen molar-refractivity contribution in [3.05, 3.63) is 29.8 Å². The third kappa shape index (κ3) is 5.75. The van der Waals surface area contributed by atoms with Crippen LogP contribution in [0.5, 0.6) is 5.75 Å². The molecule has 0 aliphatic heterocycles. The Labute approximate surface area is 105 Å². The third-order valence-corrected chi connectivity index (χ3v) is 2.28. The molecular formula is C12H17BrO3. The molecule has 0 amide bonds. The number of carbonyl (C=O) groups excluding carboxylic acids is 1. The van der Waals surface area contributed by atoms with Crippen LogP contribution in [0.25, 0.3) is 0 Å². The van der Waals surface area contributed by atoms with E-state index in [2.05, 4.69) is 20.7 Å². The van der Waals surface area contributed by atoms with E-state index in [9.17, 15) is 4.79 Å². The van der Waals surface area contributed by atoms with Gasteiger partial charge in [0.15, 0.2) is 6.61 Å². The molecule has 0 heterocycles. The second kappa shape index (κ2) is 9.21. The number of hydrogen-bond donors (Lipinski definition) is 0. The van der Waals surface area contributed by atoms with Gasteiger partial charge in [0.2, 0.25) is 0 Å². The number of carbonyl (C=O) groups is 1. The molecule has 16 heavy (non-hydrogen) atoms. The molecule has 90 valence electrons. The van der Waals surface area contributed by atoms with Gasteiger partial charge in [-0.15, -0.1) is 0 Å². The van der Waals surface area contributed by atoms with Gasteiger partial charge in [0.25, 0.3) is 0 Å². The van der Waals surface area contributed by atoms with E-state index in [1.54, 1.807) is 6.07 Å². The van der Waals surface area contributed by atoms with Gasteiger partial charge in [-0.3, -0.25) is 0 Å². The standard InChI is InChI=1S/C10H11BrO3.C2H6/c1-13-10(12)7-14-9-4-2-3-8(5-9)6-11;1-2/h2-5H,6-7H2,1H3;1-2H3. The van der Waals surface area contributed by atoms with Gasteiger partial charge in [0.1, 0.15) is 5.75 Å². The number of benzene rings is 1. The lowest BCUT2D eigenvalue weighted by Crippen LogP contribution is -2.12. The SMILES string of the molecule is CC.COC(=O)COc1cccc(CBr)c1. The van der Waals surface area contributed by atoms with Gasteiger partial charge in [0, 0.05) is 5.33 Å². The molecule has 1 aromatic carbocycles. The van der Waals surface area contributed by atoms with Crippen LogP contribution in [0.2, 0.25) is 0 Å². The largest absolute Gasteiger partial charge is 0.482 e. The minimum Gasteiger partial charge on any atom is -0.482 e. The fraction of sp³-hybridized carbons (Fsp3) is 0.417. The highest BCUT2D eigenvalue weighted by Crippen LogP contribution is 2.15.